The smallest absolute Gasteiger partial charge is 0.188 e. The predicted octanol–water partition coefficient (Wildman–Crippen LogP) is 3.45. The summed E-state index contributed by atoms with van der Waals surface area (Å²) in [6, 6.07) is 2.38. The second-order valence-electron chi connectivity index (χ2n) is 6.69. The summed E-state index contributed by atoms with van der Waals surface area (Å²) in [6.07, 6.45) is 9.41. The van der Waals surface area contributed by atoms with Crippen LogP contribution in [-0.4, -0.2) is 36.2 Å². The normalized spacial score (nSPS) is 18.2. The highest BCUT2D eigenvalue weighted by Crippen LogP contribution is 2.32. The van der Waals surface area contributed by atoms with E-state index in [1.165, 1.54) is 18.4 Å². The van der Waals surface area contributed by atoms with Crippen LogP contribution in [0.5, 0.6) is 0 Å². The average Bonchev–Trinajstić information content (AvgIpc) is 3.27. The van der Waals surface area contributed by atoms with Crippen molar-refractivity contribution in [2.24, 2.45) is 7.05 Å². The molecule has 1 fully saturated rings. The van der Waals surface area contributed by atoms with Crippen LogP contribution in [0.1, 0.15) is 42.4 Å². The SMILES string of the molecule is Cc1nc(Nc2nccs2)cc([C@@H]2CCCCN2Cc2cnn(C)c2)n1. The zero-order valence-corrected chi connectivity index (χ0v) is 15.9. The lowest BCUT2D eigenvalue weighted by Crippen LogP contribution is -2.33. The topological polar surface area (TPSA) is 71.8 Å². The van der Waals surface area contributed by atoms with Crippen molar-refractivity contribution < 1.29 is 0 Å². The first-order chi connectivity index (χ1) is 12.7. The third-order valence-corrected chi connectivity index (χ3v) is 5.31. The van der Waals surface area contributed by atoms with E-state index in [-0.39, 0.29) is 0 Å². The molecule has 7 nitrogen and oxygen atoms in total. The molecule has 1 aliphatic heterocycles. The Labute approximate surface area is 157 Å². The fourth-order valence-electron chi connectivity index (χ4n) is 3.52. The molecule has 1 aliphatic rings. The Morgan fingerprint density at radius 3 is 3.00 bits per heavy atom. The van der Waals surface area contributed by atoms with Crippen LogP contribution in [0, 0.1) is 6.92 Å². The Morgan fingerprint density at radius 1 is 1.31 bits per heavy atom. The first-order valence-corrected chi connectivity index (χ1v) is 9.79. The van der Waals surface area contributed by atoms with Crippen LogP contribution in [0.3, 0.4) is 0 Å². The number of rotatable bonds is 5. The number of thiazole rings is 1. The van der Waals surface area contributed by atoms with Crippen molar-refractivity contribution in [3.05, 3.63) is 47.1 Å². The van der Waals surface area contributed by atoms with E-state index >= 15 is 0 Å². The van der Waals surface area contributed by atoms with Crippen LogP contribution in [0.15, 0.2) is 30.0 Å². The van der Waals surface area contributed by atoms with E-state index < -0.39 is 0 Å². The van der Waals surface area contributed by atoms with Crippen molar-refractivity contribution in [2.75, 3.05) is 11.9 Å². The quantitative estimate of drug-likeness (QED) is 0.743. The van der Waals surface area contributed by atoms with Crippen LogP contribution in [-0.2, 0) is 13.6 Å². The molecule has 0 amide bonds. The number of likely N-dealkylation sites (tertiary alicyclic amines) is 1. The Bertz CT molecular complexity index is 858. The maximum absolute atomic E-state index is 4.75. The van der Waals surface area contributed by atoms with Crippen molar-refractivity contribution in [2.45, 2.75) is 38.8 Å². The molecule has 0 spiro atoms. The van der Waals surface area contributed by atoms with Gasteiger partial charge in [-0.2, -0.15) is 5.10 Å². The molecule has 0 unspecified atom stereocenters. The number of aryl methyl sites for hydroxylation is 2. The van der Waals surface area contributed by atoms with Gasteiger partial charge < -0.3 is 5.32 Å². The van der Waals surface area contributed by atoms with Gasteiger partial charge in [0.05, 0.1) is 17.9 Å². The minimum Gasteiger partial charge on any atom is -0.316 e. The van der Waals surface area contributed by atoms with Crippen molar-refractivity contribution >= 4 is 22.3 Å². The lowest BCUT2D eigenvalue weighted by atomic mass is 9.98. The van der Waals surface area contributed by atoms with Gasteiger partial charge in [0, 0.05) is 43.0 Å². The number of nitrogens with one attached hydrogen (secondary N) is 1. The average molecular weight is 369 g/mol. The zero-order chi connectivity index (χ0) is 17.9. The maximum Gasteiger partial charge on any atom is 0.188 e. The molecule has 26 heavy (non-hydrogen) atoms. The van der Waals surface area contributed by atoms with Gasteiger partial charge in [-0.3, -0.25) is 9.58 Å². The molecule has 136 valence electrons. The molecule has 3 aromatic heterocycles. The van der Waals surface area contributed by atoms with Crippen LogP contribution in [0.2, 0.25) is 0 Å². The van der Waals surface area contributed by atoms with E-state index in [0.717, 1.165) is 42.0 Å². The van der Waals surface area contributed by atoms with Crippen molar-refractivity contribution in [1.29, 1.82) is 0 Å². The molecule has 1 N–H and O–H groups in total. The van der Waals surface area contributed by atoms with Gasteiger partial charge in [-0.05, 0) is 26.3 Å². The Hall–Kier alpha value is -2.32. The molecule has 0 aliphatic carbocycles. The van der Waals surface area contributed by atoms with Gasteiger partial charge in [0.15, 0.2) is 5.13 Å². The number of hydrogen-bond acceptors (Lipinski definition) is 7. The number of piperidine rings is 1. The monoisotopic (exact) mass is 369 g/mol. The summed E-state index contributed by atoms with van der Waals surface area (Å²) < 4.78 is 1.86. The van der Waals surface area contributed by atoms with E-state index in [4.69, 9.17) is 4.98 Å². The number of anilines is 2. The summed E-state index contributed by atoms with van der Waals surface area (Å²) >= 11 is 1.57. The summed E-state index contributed by atoms with van der Waals surface area (Å²) in [5, 5.41) is 10.4. The minimum atomic E-state index is 0.308. The third kappa shape index (κ3) is 3.91. The Balaban J connectivity index is 1.58. The Morgan fingerprint density at radius 2 is 2.23 bits per heavy atom. The highest BCUT2D eigenvalue weighted by Gasteiger charge is 2.26. The molecule has 0 bridgehead atoms. The van der Waals surface area contributed by atoms with Gasteiger partial charge in [0.2, 0.25) is 0 Å². The van der Waals surface area contributed by atoms with E-state index in [2.05, 4.69) is 37.5 Å². The van der Waals surface area contributed by atoms with Crippen LogP contribution < -0.4 is 5.32 Å². The van der Waals surface area contributed by atoms with Crippen molar-refractivity contribution in [1.82, 2.24) is 29.6 Å². The van der Waals surface area contributed by atoms with E-state index in [1.807, 2.05) is 30.2 Å². The number of nitrogens with zero attached hydrogens (tertiary/aromatic N) is 6. The van der Waals surface area contributed by atoms with Crippen molar-refractivity contribution in [3.63, 3.8) is 0 Å². The van der Waals surface area contributed by atoms with Crippen molar-refractivity contribution in [3.8, 4) is 0 Å². The zero-order valence-electron chi connectivity index (χ0n) is 15.1. The highest BCUT2D eigenvalue weighted by atomic mass is 32.1. The fourth-order valence-corrected chi connectivity index (χ4v) is 4.06. The molecule has 0 radical (unpaired) electrons. The van der Waals surface area contributed by atoms with E-state index in [0.29, 0.717) is 6.04 Å². The summed E-state index contributed by atoms with van der Waals surface area (Å²) in [4.78, 5) is 16.1. The van der Waals surface area contributed by atoms with Gasteiger partial charge in [0.25, 0.3) is 0 Å². The largest absolute Gasteiger partial charge is 0.316 e. The number of hydrogen-bond donors (Lipinski definition) is 1. The first kappa shape index (κ1) is 17.1. The molecule has 0 aromatic carbocycles. The summed E-state index contributed by atoms with van der Waals surface area (Å²) in [6.45, 7) is 3.93. The number of aromatic nitrogens is 5. The summed E-state index contributed by atoms with van der Waals surface area (Å²) in [5.41, 5.74) is 2.33. The van der Waals surface area contributed by atoms with E-state index in [1.54, 1.807) is 17.5 Å². The molecule has 1 saturated heterocycles. The maximum atomic E-state index is 4.75. The van der Waals surface area contributed by atoms with Crippen LogP contribution >= 0.6 is 11.3 Å². The third-order valence-electron chi connectivity index (χ3n) is 4.62. The lowest BCUT2D eigenvalue weighted by Gasteiger charge is -2.35. The molecule has 4 rings (SSSR count). The van der Waals surface area contributed by atoms with Crippen LogP contribution in [0.25, 0.3) is 0 Å². The summed E-state index contributed by atoms with van der Waals surface area (Å²) in [7, 11) is 1.96. The van der Waals surface area contributed by atoms with Crippen LogP contribution in [0.4, 0.5) is 10.9 Å². The molecule has 4 heterocycles. The van der Waals surface area contributed by atoms with E-state index in [9.17, 15) is 0 Å². The first-order valence-electron chi connectivity index (χ1n) is 8.91. The second kappa shape index (κ2) is 7.51. The summed E-state index contributed by atoms with van der Waals surface area (Å²) in [5.74, 6) is 1.60. The highest BCUT2D eigenvalue weighted by molar-refractivity contribution is 7.13. The van der Waals surface area contributed by atoms with Gasteiger partial charge in [0.1, 0.15) is 11.6 Å². The molecule has 3 aromatic rings. The lowest BCUT2D eigenvalue weighted by molar-refractivity contribution is 0.137. The molecule has 1 atom stereocenters. The Kier molecular flexibility index (Phi) is 4.94. The molecular formula is C18H23N7S. The molecule has 0 saturated carbocycles. The van der Waals surface area contributed by atoms with Gasteiger partial charge in [-0.1, -0.05) is 6.42 Å². The standard InChI is InChI=1S/C18H23N7S/c1-13-21-15(9-17(22-13)23-18-19-6-8-26-18)16-5-3-4-7-25(16)12-14-10-20-24(2)11-14/h6,8-11,16H,3-5,7,12H2,1-2H3,(H,19,21,22,23)/t16-/m0/s1. The minimum absolute atomic E-state index is 0.308. The second-order valence-corrected chi connectivity index (χ2v) is 7.59. The van der Waals surface area contributed by atoms with Gasteiger partial charge in [-0.25, -0.2) is 15.0 Å². The predicted molar refractivity (Wildman–Crippen MR) is 102 cm³/mol. The van der Waals surface area contributed by atoms with Gasteiger partial charge in [-0.15, -0.1) is 11.3 Å². The van der Waals surface area contributed by atoms with Gasteiger partial charge >= 0.3 is 0 Å². The fraction of sp³-hybridized carbons (Fsp3) is 0.444. The molecular weight excluding hydrogens is 346 g/mol. The molecule has 8 heteroatoms.